The summed E-state index contributed by atoms with van der Waals surface area (Å²) >= 11 is 0. The SMILES string of the molecule is CCC[C@](C)(O)C(=O)Nc1ccc(C)c(NC(=O)c2ccncc2)c1. The average Bonchev–Trinajstić information content (AvgIpc) is 2.58. The number of aryl methyl sites for hydroxylation is 1. The second kappa shape index (κ2) is 7.90. The molecule has 0 saturated heterocycles. The van der Waals surface area contributed by atoms with Gasteiger partial charge < -0.3 is 15.7 Å². The van der Waals surface area contributed by atoms with Crippen LogP contribution in [-0.2, 0) is 4.79 Å². The Morgan fingerprint density at radius 1 is 1.16 bits per heavy atom. The van der Waals surface area contributed by atoms with E-state index in [4.69, 9.17) is 0 Å². The Morgan fingerprint density at radius 2 is 1.84 bits per heavy atom. The van der Waals surface area contributed by atoms with Gasteiger partial charge in [0.25, 0.3) is 11.8 Å². The zero-order valence-electron chi connectivity index (χ0n) is 14.7. The van der Waals surface area contributed by atoms with E-state index in [2.05, 4.69) is 15.6 Å². The van der Waals surface area contributed by atoms with Crippen molar-refractivity contribution >= 4 is 23.2 Å². The molecule has 2 aromatic rings. The molecule has 6 nitrogen and oxygen atoms in total. The molecule has 2 rings (SSSR count). The van der Waals surface area contributed by atoms with Crippen LogP contribution in [-0.4, -0.2) is 27.5 Å². The highest BCUT2D eigenvalue weighted by molar-refractivity contribution is 6.05. The molecule has 132 valence electrons. The van der Waals surface area contributed by atoms with Crippen molar-refractivity contribution in [3.05, 3.63) is 53.9 Å². The number of aliphatic hydroxyl groups is 1. The van der Waals surface area contributed by atoms with Gasteiger partial charge in [0.15, 0.2) is 0 Å². The standard InChI is InChI=1S/C19H23N3O3/c1-4-9-19(3,25)18(24)21-15-6-5-13(2)16(12-15)22-17(23)14-7-10-20-11-8-14/h5-8,10-12,25H,4,9H2,1-3H3,(H,21,24)(H,22,23)/t19-/m0/s1. The fraction of sp³-hybridized carbons (Fsp3) is 0.316. The van der Waals surface area contributed by atoms with Gasteiger partial charge in [0.1, 0.15) is 5.60 Å². The number of rotatable bonds is 6. The molecule has 2 amide bonds. The van der Waals surface area contributed by atoms with Crippen molar-refractivity contribution in [3.63, 3.8) is 0 Å². The van der Waals surface area contributed by atoms with Gasteiger partial charge in [0.2, 0.25) is 0 Å². The molecule has 0 fully saturated rings. The van der Waals surface area contributed by atoms with Crippen LogP contribution in [0.25, 0.3) is 0 Å². The molecule has 0 radical (unpaired) electrons. The highest BCUT2D eigenvalue weighted by Gasteiger charge is 2.29. The van der Waals surface area contributed by atoms with E-state index in [9.17, 15) is 14.7 Å². The number of hydrogen-bond donors (Lipinski definition) is 3. The Bertz CT molecular complexity index is 758. The maximum absolute atomic E-state index is 12.3. The van der Waals surface area contributed by atoms with Gasteiger partial charge in [0.05, 0.1) is 0 Å². The van der Waals surface area contributed by atoms with Crippen LogP contribution in [0.2, 0.25) is 0 Å². The van der Waals surface area contributed by atoms with Crippen LogP contribution in [0.3, 0.4) is 0 Å². The zero-order chi connectivity index (χ0) is 18.4. The first-order valence-corrected chi connectivity index (χ1v) is 8.19. The molecule has 0 saturated carbocycles. The monoisotopic (exact) mass is 341 g/mol. The second-order valence-corrected chi connectivity index (χ2v) is 6.20. The summed E-state index contributed by atoms with van der Waals surface area (Å²) in [6.45, 7) is 5.26. The molecule has 0 aliphatic carbocycles. The Labute approximate surface area is 147 Å². The van der Waals surface area contributed by atoms with Crippen molar-refractivity contribution in [3.8, 4) is 0 Å². The average molecular weight is 341 g/mol. The van der Waals surface area contributed by atoms with E-state index >= 15 is 0 Å². The summed E-state index contributed by atoms with van der Waals surface area (Å²) in [5, 5.41) is 15.7. The normalized spacial score (nSPS) is 13.0. The third-order valence-corrected chi connectivity index (χ3v) is 3.91. The Morgan fingerprint density at radius 3 is 2.48 bits per heavy atom. The minimum absolute atomic E-state index is 0.257. The van der Waals surface area contributed by atoms with Gasteiger partial charge in [0, 0.05) is 29.3 Å². The predicted molar refractivity (Wildman–Crippen MR) is 97.5 cm³/mol. The highest BCUT2D eigenvalue weighted by atomic mass is 16.3. The molecule has 25 heavy (non-hydrogen) atoms. The van der Waals surface area contributed by atoms with Crippen LogP contribution in [0, 0.1) is 6.92 Å². The maximum Gasteiger partial charge on any atom is 0.256 e. The Kier molecular flexibility index (Phi) is 5.88. The van der Waals surface area contributed by atoms with Crippen molar-refractivity contribution < 1.29 is 14.7 Å². The van der Waals surface area contributed by atoms with Crippen LogP contribution in [0.4, 0.5) is 11.4 Å². The van der Waals surface area contributed by atoms with Crippen molar-refractivity contribution in [2.24, 2.45) is 0 Å². The fourth-order valence-corrected chi connectivity index (χ4v) is 2.40. The molecule has 0 aliphatic rings. The van der Waals surface area contributed by atoms with E-state index < -0.39 is 11.5 Å². The second-order valence-electron chi connectivity index (χ2n) is 6.20. The molecule has 1 atom stereocenters. The Hall–Kier alpha value is -2.73. The summed E-state index contributed by atoms with van der Waals surface area (Å²) in [7, 11) is 0. The van der Waals surface area contributed by atoms with Crippen LogP contribution in [0.1, 0.15) is 42.6 Å². The third kappa shape index (κ3) is 4.87. The van der Waals surface area contributed by atoms with Crippen LogP contribution in [0.15, 0.2) is 42.7 Å². The lowest BCUT2D eigenvalue weighted by atomic mass is 9.99. The first-order valence-electron chi connectivity index (χ1n) is 8.19. The van der Waals surface area contributed by atoms with Gasteiger partial charge >= 0.3 is 0 Å². The van der Waals surface area contributed by atoms with Gasteiger partial charge in [-0.15, -0.1) is 0 Å². The molecule has 1 aromatic heterocycles. The lowest BCUT2D eigenvalue weighted by Crippen LogP contribution is -2.39. The molecule has 0 unspecified atom stereocenters. The first kappa shape index (κ1) is 18.6. The number of carbonyl (C=O) groups excluding carboxylic acids is 2. The highest BCUT2D eigenvalue weighted by Crippen LogP contribution is 2.23. The van der Waals surface area contributed by atoms with Crippen molar-refractivity contribution in [1.82, 2.24) is 4.98 Å². The molecule has 1 heterocycles. The van der Waals surface area contributed by atoms with E-state index in [1.54, 1.807) is 42.7 Å². The van der Waals surface area contributed by atoms with Gasteiger partial charge in [-0.1, -0.05) is 19.4 Å². The number of hydrogen-bond acceptors (Lipinski definition) is 4. The largest absolute Gasteiger partial charge is 0.380 e. The number of aromatic nitrogens is 1. The zero-order valence-corrected chi connectivity index (χ0v) is 14.7. The third-order valence-electron chi connectivity index (χ3n) is 3.91. The number of nitrogens with one attached hydrogen (secondary N) is 2. The van der Waals surface area contributed by atoms with Crippen molar-refractivity contribution in [2.45, 2.75) is 39.2 Å². The van der Waals surface area contributed by atoms with E-state index in [0.717, 1.165) is 5.56 Å². The number of nitrogens with zero attached hydrogens (tertiary/aromatic N) is 1. The molecular formula is C19H23N3O3. The summed E-state index contributed by atoms with van der Waals surface area (Å²) in [6.07, 6.45) is 4.17. The van der Waals surface area contributed by atoms with E-state index in [-0.39, 0.29) is 5.91 Å². The van der Waals surface area contributed by atoms with E-state index in [1.165, 1.54) is 6.92 Å². The first-order chi connectivity index (χ1) is 11.8. The molecular weight excluding hydrogens is 318 g/mol. The van der Waals surface area contributed by atoms with Gasteiger partial charge in [-0.25, -0.2) is 0 Å². The molecule has 0 bridgehead atoms. The number of pyridine rings is 1. The minimum Gasteiger partial charge on any atom is -0.380 e. The quantitative estimate of drug-likeness (QED) is 0.753. The summed E-state index contributed by atoms with van der Waals surface area (Å²) in [4.78, 5) is 28.4. The van der Waals surface area contributed by atoms with Gasteiger partial charge in [-0.3, -0.25) is 14.6 Å². The lowest BCUT2D eigenvalue weighted by Gasteiger charge is -2.22. The fourth-order valence-electron chi connectivity index (χ4n) is 2.40. The van der Waals surface area contributed by atoms with Crippen LogP contribution in [0.5, 0.6) is 0 Å². The summed E-state index contributed by atoms with van der Waals surface area (Å²) in [5.41, 5.74) is 1.03. The topological polar surface area (TPSA) is 91.3 Å². The summed E-state index contributed by atoms with van der Waals surface area (Å²) < 4.78 is 0. The smallest absolute Gasteiger partial charge is 0.256 e. The molecule has 6 heteroatoms. The number of benzene rings is 1. The minimum atomic E-state index is -1.43. The van der Waals surface area contributed by atoms with E-state index in [0.29, 0.717) is 29.8 Å². The summed E-state index contributed by atoms with van der Waals surface area (Å²) in [5.74, 6) is -0.725. The van der Waals surface area contributed by atoms with Gasteiger partial charge in [-0.05, 0) is 50.1 Å². The van der Waals surface area contributed by atoms with Crippen LogP contribution < -0.4 is 10.6 Å². The number of amides is 2. The lowest BCUT2D eigenvalue weighted by molar-refractivity contribution is -0.133. The van der Waals surface area contributed by atoms with E-state index in [1.807, 2.05) is 13.8 Å². The summed E-state index contributed by atoms with van der Waals surface area (Å²) in [6, 6.07) is 8.45. The molecule has 3 N–H and O–H groups in total. The van der Waals surface area contributed by atoms with Crippen LogP contribution >= 0.6 is 0 Å². The predicted octanol–water partition coefficient (Wildman–Crippen LogP) is 3.13. The molecule has 0 aliphatic heterocycles. The number of anilines is 2. The van der Waals surface area contributed by atoms with Gasteiger partial charge in [-0.2, -0.15) is 0 Å². The number of carbonyl (C=O) groups is 2. The molecule has 1 aromatic carbocycles. The Balaban J connectivity index is 2.15. The van der Waals surface area contributed by atoms with Crippen molar-refractivity contribution in [1.29, 1.82) is 0 Å². The molecule has 0 spiro atoms. The maximum atomic E-state index is 12.3. The van der Waals surface area contributed by atoms with Crippen molar-refractivity contribution in [2.75, 3.05) is 10.6 Å².